The Hall–Kier alpha value is -2.54. The third-order valence-electron chi connectivity index (χ3n) is 4.96. The Kier molecular flexibility index (Phi) is 6.04. The maximum atomic E-state index is 11.2. The van der Waals surface area contributed by atoms with Crippen LogP contribution in [0.25, 0.3) is 0 Å². The molecule has 3 aromatic rings. The second-order valence-electron chi connectivity index (χ2n) is 7.15. The van der Waals surface area contributed by atoms with Crippen molar-refractivity contribution in [1.29, 1.82) is 0 Å². The van der Waals surface area contributed by atoms with E-state index in [2.05, 4.69) is 69.2 Å². The van der Waals surface area contributed by atoms with Crippen molar-refractivity contribution in [2.45, 2.75) is 30.5 Å². The summed E-state index contributed by atoms with van der Waals surface area (Å²) >= 11 is 2.49. The van der Waals surface area contributed by atoms with Crippen LogP contribution in [0.1, 0.15) is 23.6 Å². The third-order valence-corrected chi connectivity index (χ3v) is 5.95. The van der Waals surface area contributed by atoms with Gasteiger partial charge in [0.2, 0.25) is 5.91 Å². The van der Waals surface area contributed by atoms with Gasteiger partial charge in [0.15, 0.2) is 0 Å². The van der Waals surface area contributed by atoms with Gasteiger partial charge in [-0.15, -0.1) is 0 Å². The van der Waals surface area contributed by atoms with E-state index in [9.17, 15) is 4.79 Å². The summed E-state index contributed by atoms with van der Waals surface area (Å²) in [6, 6.07) is 24.9. The minimum absolute atomic E-state index is 0.0169. The van der Waals surface area contributed by atoms with E-state index in [-0.39, 0.29) is 5.91 Å². The topological polar surface area (TPSA) is 41.6 Å². The number of carbonyl (C=O) groups excluding carboxylic acids is 1. The summed E-state index contributed by atoms with van der Waals surface area (Å²) in [6.45, 7) is 2.66. The summed E-state index contributed by atoms with van der Waals surface area (Å²) in [4.78, 5) is 13.6. The summed E-state index contributed by atoms with van der Waals surface area (Å²) in [5.74, 6) is 0.884. The fraction of sp³-hybridized carbons (Fsp3) is 0.208. The lowest BCUT2D eigenvalue weighted by atomic mass is 10.1. The van der Waals surface area contributed by atoms with Crippen LogP contribution in [0.4, 0.5) is 11.4 Å². The molecule has 5 heteroatoms. The maximum absolute atomic E-state index is 11.2. The largest absolute Gasteiger partial charge is 0.489 e. The Morgan fingerprint density at radius 3 is 2.66 bits per heavy atom. The molecule has 29 heavy (non-hydrogen) atoms. The molecule has 0 saturated heterocycles. The van der Waals surface area contributed by atoms with Crippen LogP contribution in [0, 0.1) is 0 Å². The Bertz CT molecular complexity index is 1010. The second kappa shape index (κ2) is 8.86. The molecule has 0 bridgehead atoms. The van der Waals surface area contributed by atoms with Crippen molar-refractivity contribution in [2.24, 2.45) is 0 Å². The minimum atomic E-state index is -0.0169. The molecular weight excluding hydrogens is 475 g/mol. The van der Waals surface area contributed by atoms with Crippen molar-refractivity contribution in [2.75, 3.05) is 4.90 Å². The summed E-state index contributed by atoms with van der Waals surface area (Å²) in [7, 11) is 0. The molecule has 0 fully saturated rings. The van der Waals surface area contributed by atoms with Gasteiger partial charge in [0.25, 0.3) is 0 Å². The lowest BCUT2D eigenvalue weighted by Gasteiger charge is -2.24. The molecule has 0 aliphatic carbocycles. The Labute approximate surface area is 185 Å². The van der Waals surface area contributed by atoms with Crippen molar-refractivity contribution < 1.29 is 9.53 Å². The number of halogens is 1. The van der Waals surface area contributed by atoms with Crippen molar-refractivity contribution in [3.05, 3.63) is 89.5 Å². The lowest BCUT2D eigenvalue weighted by molar-refractivity contribution is -0.119. The quantitative estimate of drug-likeness (QED) is 0.283. The fourth-order valence-corrected chi connectivity index (χ4v) is 4.65. The van der Waals surface area contributed by atoms with Crippen molar-refractivity contribution in [1.82, 2.24) is 5.32 Å². The van der Waals surface area contributed by atoms with E-state index in [1.165, 1.54) is 11.3 Å². The predicted molar refractivity (Wildman–Crippen MR) is 125 cm³/mol. The van der Waals surface area contributed by atoms with E-state index in [1.54, 1.807) is 6.92 Å². The van der Waals surface area contributed by atoms with E-state index in [0.717, 1.165) is 29.0 Å². The van der Waals surface area contributed by atoms with Gasteiger partial charge in [-0.25, -0.2) is 0 Å². The average Bonchev–Trinajstić information content (AvgIpc) is 3.06. The van der Waals surface area contributed by atoms with Crippen LogP contribution in [0.2, 0.25) is 0 Å². The number of rotatable bonds is 6. The maximum Gasteiger partial charge on any atom is 0.217 e. The number of fused-ring (bicyclic) bond motifs is 1. The molecule has 0 spiro atoms. The van der Waals surface area contributed by atoms with Crippen molar-refractivity contribution in [3.8, 4) is 5.75 Å². The fourth-order valence-electron chi connectivity index (χ4n) is 3.56. The van der Waals surface area contributed by atoms with Gasteiger partial charge >= 0.3 is 0 Å². The number of hydrogen-bond acceptors (Lipinski definition) is 3. The van der Waals surface area contributed by atoms with Gasteiger partial charge in [0, 0.05) is 31.3 Å². The zero-order valence-corrected chi connectivity index (χ0v) is 18.4. The molecule has 148 valence electrons. The highest BCUT2D eigenvalue weighted by Crippen LogP contribution is 2.42. The van der Waals surface area contributed by atoms with Gasteiger partial charge in [0.1, 0.15) is 12.4 Å². The van der Waals surface area contributed by atoms with E-state index < -0.39 is 0 Å². The first-order chi connectivity index (χ1) is 14.1. The Balaban J connectivity index is 1.52. The first-order valence-electron chi connectivity index (χ1n) is 9.66. The first kappa shape index (κ1) is 19.8. The molecule has 0 radical (unpaired) electrons. The number of hydrogen-bond donors (Lipinski definition) is 1. The van der Waals surface area contributed by atoms with Crippen LogP contribution in [0.15, 0.2) is 72.8 Å². The van der Waals surface area contributed by atoms with E-state index in [4.69, 9.17) is 4.74 Å². The van der Waals surface area contributed by atoms with Gasteiger partial charge in [-0.3, -0.25) is 4.79 Å². The SMILES string of the molecule is CC(=O)NCc1cccc(N2c3ccc(OCc4ccccc4)cc3CC2I)c1. The molecule has 1 aliphatic rings. The van der Waals surface area contributed by atoms with Gasteiger partial charge in [-0.2, -0.15) is 0 Å². The number of amides is 1. The van der Waals surface area contributed by atoms with Crippen molar-refractivity contribution >= 4 is 39.9 Å². The second-order valence-corrected chi connectivity index (χ2v) is 8.59. The summed E-state index contributed by atoms with van der Waals surface area (Å²) in [6.07, 6.45) is 0.967. The van der Waals surface area contributed by atoms with Crippen LogP contribution >= 0.6 is 22.6 Å². The summed E-state index contributed by atoms with van der Waals surface area (Å²) < 4.78 is 6.34. The Morgan fingerprint density at radius 1 is 1.07 bits per heavy atom. The molecule has 4 rings (SSSR count). The number of benzene rings is 3. The van der Waals surface area contributed by atoms with Gasteiger partial charge in [-0.05, 0) is 47.0 Å². The molecular formula is C24H23IN2O2. The average molecular weight is 498 g/mol. The number of anilines is 2. The van der Waals surface area contributed by atoms with Gasteiger partial charge < -0.3 is 15.0 Å². The smallest absolute Gasteiger partial charge is 0.217 e. The predicted octanol–water partition coefficient (Wildman–Crippen LogP) is 5.36. The number of ether oxygens (including phenoxy) is 1. The molecule has 4 nitrogen and oxygen atoms in total. The van der Waals surface area contributed by atoms with Crippen LogP contribution in [-0.2, 0) is 24.4 Å². The normalized spacial score (nSPS) is 15.1. The van der Waals surface area contributed by atoms with Gasteiger partial charge in [-0.1, -0.05) is 65.1 Å². The first-order valence-corrected chi connectivity index (χ1v) is 10.9. The number of nitrogens with one attached hydrogen (secondary N) is 1. The minimum Gasteiger partial charge on any atom is -0.489 e. The summed E-state index contributed by atoms with van der Waals surface area (Å²) in [5.41, 5.74) is 5.91. The van der Waals surface area contributed by atoms with Gasteiger partial charge in [0.05, 0.1) is 4.05 Å². The summed E-state index contributed by atoms with van der Waals surface area (Å²) in [5, 5.41) is 2.87. The lowest BCUT2D eigenvalue weighted by Crippen LogP contribution is -2.22. The number of carbonyl (C=O) groups is 1. The molecule has 1 atom stereocenters. The Morgan fingerprint density at radius 2 is 1.86 bits per heavy atom. The van der Waals surface area contributed by atoms with Crippen LogP contribution in [-0.4, -0.2) is 9.96 Å². The number of alkyl halides is 1. The highest BCUT2D eigenvalue weighted by Gasteiger charge is 2.29. The zero-order valence-electron chi connectivity index (χ0n) is 16.3. The molecule has 1 heterocycles. The van der Waals surface area contributed by atoms with E-state index in [1.807, 2.05) is 36.4 Å². The molecule has 0 aromatic heterocycles. The standard InChI is InChI=1S/C24H23IN2O2/c1-17(28)26-15-19-8-5-9-21(12-19)27-23-11-10-22(13-20(23)14-24(27)25)29-16-18-6-3-2-4-7-18/h2-13,24H,14-16H2,1H3,(H,26,28). The van der Waals surface area contributed by atoms with Crippen LogP contribution in [0.3, 0.4) is 0 Å². The highest BCUT2D eigenvalue weighted by atomic mass is 127. The third kappa shape index (κ3) is 4.72. The molecule has 1 N–H and O–H groups in total. The molecule has 0 saturated carbocycles. The molecule has 3 aromatic carbocycles. The van der Waals surface area contributed by atoms with E-state index in [0.29, 0.717) is 17.2 Å². The zero-order chi connectivity index (χ0) is 20.2. The molecule has 1 aliphatic heterocycles. The highest BCUT2D eigenvalue weighted by molar-refractivity contribution is 14.1. The van der Waals surface area contributed by atoms with E-state index >= 15 is 0 Å². The van der Waals surface area contributed by atoms with Crippen LogP contribution < -0.4 is 15.0 Å². The molecule has 1 amide bonds. The van der Waals surface area contributed by atoms with Crippen LogP contribution in [0.5, 0.6) is 5.75 Å². The molecule has 1 unspecified atom stereocenters. The van der Waals surface area contributed by atoms with Crippen molar-refractivity contribution in [3.63, 3.8) is 0 Å². The number of nitrogens with zero attached hydrogens (tertiary/aromatic N) is 1. The monoisotopic (exact) mass is 498 g/mol.